The Morgan fingerprint density at radius 1 is 0.623 bits per heavy atom. The van der Waals surface area contributed by atoms with E-state index >= 15 is 0 Å². The summed E-state index contributed by atoms with van der Waals surface area (Å²) in [6, 6.07) is 9.42. The zero-order valence-electron chi connectivity index (χ0n) is 32.1. The maximum atomic E-state index is 14.7. The molecule has 2 aliphatic carbocycles. The fourth-order valence-electron chi connectivity index (χ4n) is 6.81. The van der Waals surface area contributed by atoms with E-state index in [9.17, 15) is 57.8 Å². The Morgan fingerprint density at radius 3 is 1.49 bits per heavy atom. The smallest absolute Gasteiger partial charge is 0.238 e. The molecule has 0 aliphatic heterocycles. The molecular formula is C41H46F7IN2O8S2. The number of aryl methyl sites for hydroxylation is 2. The van der Waals surface area contributed by atoms with Crippen LogP contribution in [0.2, 0.25) is 0 Å². The zero-order valence-corrected chi connectivity index (χ0v) is 35.9. The maximum absolute atomic E-state index is 14.7. The van der Waals surface area contributed by atoms with Gasteiger partial charge in [-0.05, 0) is 121 Å². The lowest BCUT2D eigenvalue weighted by molar-refractivity contribution is 0.0858. The largest absolute Gasteiger partial charge is 0.394 e. The second kappa shape index (κ2) is 19.5. The molecule has 0 heterocycles. The van der Waals surface area contributed by atoms with E-state index in [-0.39, 0.29) is 86.4 Å². The maximum Gasteiger partial charge on any atom is 0.238 e. The van der Waals surface area contributed by atoms with Crippen LogP contribution < -0.4 is 9.44 Å². The summed E-state index contributed by atoms with van der Waals surface area (Å²) in [4.78, 5) is 0. The predicted molar refractivity (Wildman–Crippen MR) is 224 cm³/mol. The van der Waals surface area contributed by atoms with Gasteiger partial charge in [-0.3, -0.25) is 9.44 Å². The van der Waals surface area contributed by atoms with Crippen LogP contribution in [0.3, 0.4) is 0 Å². The third kappa shape index (κ3) is 11.2. The van der Waals surface area contributed by atoms with E-state index < -0.39 is 113 Å². The molecule has 0 aromatic heterocycles. The number of halogens is 8. The summed E-state index contributed by atoms with van der Waals surface area (Å²) in [5.41, 5.74) is -1.08. The number of aliphatic hydroxyl groups is 4. The molecule has 0 saturated heterocycles. The van der Waals surface area contributed by atoms with E-state index in [1.54, 1.807) is 13.0 Å². The minimum atomic E-state index is -4.34. The van der Waals surface area contributed by atoms with Gasteiger partial charge in [-0.15, -0.1) is 0 Å². The van der Waals surface area contributed by atoms with Gasteiger partial charge in [0.25, 0.3) is 0 Å². The first kappa shape index (κ1) is 50.1. The van der Waals surface area contributed by atoms with E-state index in [0.717, 1.165) is 12.1 Å². The number of rotatable bonds is 16. The SMILES string of the molecule is C.Cc1ccc(Cc2c(F)c(F)cc(C)c2NS(=O)(=O)C2(CC(O)CO)CC2)c(F)c1.O=S(=O)(Nc1c(F)cc(F)c(F)c1Cc1ccc(I)cc1F)C1(CC(O)CO)CC1. The van der Waals surface area contributed by atoms with E-state index in [1.165, 1.54) is 31.2 Å². The molecule has 61 heavy (non-hydrogen) atoms. The van der Waals surface area contributed by atoms with E-state index in [4.69, 9.17) is 10.2 Å². The van der Waals surface area contributed by atoms with Gasteiger partial charge in [0.2, 0.25) is 20.0 Å². The average molecular weight is 1020 g/mol. The van der Waals surface area contributed by atoms with E-state index in [0.29, 0.717) is 9.13 Å². The monoisotopic (exact) mass is 1020 g/mol. The van der Waals surface area contributed by atoms with Crippen LogP contribution in [-0.2, 0) is 32.9 Å². The van der Waals surface area contributed by atoms with Gasteiger partial charge in [-0.2, -0.15) is 0 Å². The first-order chi connectivity index (χ1) is 28.0. The molecule has 0 amide bonds. The van der Waals surface area contributed by atoms with Gasteiger partial charge in [-0.25, -0.2) is 47.6 Å². The minimum Gasteiger partial charge on any atom is -0.394 e. The van der Waals surface area contributed by atoms with Crippen molar-refractivity contribution in [1.29, 1.82) is 0 Å². The van der Waals surface area contributed by atoms with Crippen molar-refractivity contribution in [3.63, 3.8) is 0 Å². The molecule has 2 aliphatic rings. The van der Waals surface area contributed by atoms with Crippen LogP contribution in [0.1, 0.15) is 79.3 Å². The summed E-state index contributed by atoms with van der Waals surface area (Å²) in [6.07, 6.45) is -3.11. The van der Waals surface area contributed by atoms with Crippen molar-refractivity contribution in [3.8, 4) is 0 Å². The summed E-state index contributed by atoms with van der Waals surface area (Å²) in [5, 5.41) is 37.4. The molecule has 6 rings (SSSR count). The molecule has 336 valence electrons. The molecule has 2 fully saturated rings. The Bertz CT molecular complexity index is 2320. The molecule has 20 heteroatoms. The number of anilines is 2. The number of hydrogen-bond donors (Lipinski definition) is 6. The van der Waals surface area contributed by atoms with Gasteiger partial charge in [0.1, 0.15) is 11.6 Å². The van der Waals surface area contributed by atoms with Crippen molar-refractivity contribution in [1.82, 2.24) is 0 Å². The topological polar surface area (TPSA) is 173 Å². The van der Waals surface area contributed by atoms with Gasteiger partial charge in [-0.1, -0.05) is 25.6 Å². The lowest BCUT2D eigenvalue weighted by Crippen LogP contribution is -2.35. The van der Waals surface area contributed by atoms with Gasteiger partial charge >= 0.3 is 0 Å². The standard InChI is InChI=1S/C21H24F3NO4S.C19H18F4INO4S.CH4/c1-12-3-4-14(17(22)7-12)9-16-19(24)18(23)8-13(2)20(16)25-30(28,29)21(5-6-21)10-15(27)11-26;20-14-6-11(24)2-1-10(14)5-13-17(23)15(21)7-16(22)18(13)25-30(28,29)19(3-4-19)8-12(27)9-26;/h3-4,7-8,15,25-27H,5-6,9-11H2,1-2H3;1-2,6-7,12,25-27H,3-5,8-9H2;1H4. The second-order valence-corrected chi connectivity index (χ2v) is 20.6. The van der Waals surface area contributed by atoms with Crippen LogP contribution in [0.5, 0.6) is 0 Å². The van der Waals surface area contributed by atoms with Crippen LogP contribution in [0.4, 0.5) is 42.1 Å². The van der Waals surface area contributed by atoms with Crippen molar-refractivity contribution in [2.24, 2.45) is 0 Å². The Morgan fingerprint density at radius 2 is 1.05 bits per heavy atom. The molecule has 2 atom stereocenters. The number of sulfonamides is 2. The molecule has 6 N–H and O–H groups in total. The molecule has 2 saturated carbocycles. The fourth-order valence-corrected chi connectivity index (χ4v) is 10.8. The van der Waals surface area contributed by atoms with Crippen LogP contribution in [0.25, 0.3) is 0 Å². The third-order valence-corrected chi connectivity index (χ3v) is 15.7. The van der Waals surface area contributed by atoms with Gasteiger partial charge < -0.3 is 20.4 Å². The number of nitrogens with one attached hydrogen (secondary N) is 2. The van der Waals surface area contributed by atoms with E-state index in [1.807, 2.05) is 27.3 Å². The van der Waals surface area contributed by atoms with Gasteiger partial charge in [0.15, 0.2) is 29.1 Å². The number of aliphatic hydroxyl groups excluding tert-OH is 4. The summed E-state index contributed by atoms with van der Waals surface area (Å²) in [6.45, 7) is 1.88. The van der Waals surface area contributed by atoms with Crippen molar-refractivity contribution in [2.45, 2.75) is 94.3 Å². The first-order valence-corrected chi connectivity index (χ1v) is 22.5. The Labute approximate surface area is 363 Å². The fraction of sp³-hybridized carbons (Fsp3) is 0.415. The quantitative estimate of drug-likeness (QED) is 0.0383. The van der Waals surface area contributed by atoms with Crippen molar-refractivity contribution in [2.75, 3.05) is 22.7 Å². The Hall–Kier alpha value is -3.54. The minimum absolute atomic E-state index is 0. The van der Waals surface area contributed by atoms with E-state index in [2.05, 4.69) is 4.72 Å². The molecule has 0 bridgehead atoms. The lowest BCUT2D eigenvalue weighted by atomic mass is 9.98. The summed E-state index contributed by atoms with van der Waals surface area (Å²) in [5.74, 6) is -8.12. The molecule has 4 aromatic rings. The normalized spacial score (nSPS) is 16.1. The average Bonchev–Trinajstić information content (AvgIpc) is 4.12. The second-order valence-electron chi connectivity index (χ2n) is 15.2. The highest BCUT2D eigenvalue weighted by Gasteiger charge is 2.56. The highest BCUT2D eigenvalue weighted by molar-refractivity contribution is 14.1. The summed E-state index contributed by atoms with van der Waals surface area (Å²) in [7, 11) is -8.43. The van der Waals surface area contributed by atoms with Gasteiger partial charge in [0.05, 0.1) is 46.3 Å². The van der Waals surface area contributed by atoms with Crippen molar-refractivity contribution in [3.05, 3.63) is 126 Å². The predicted octanol–water partition coefficient (Wildman–Crippen LogP) is 7.42. The molecular weight excluding hydrogens is 972 g/mol. The van der Waals surface area contributed by atoms with Crippen LogP contribution in [-0.4, -0.2) is 72.2 Å². The molecule has 4 aromatic carbocycles. The van der Waals surface area contributed by atoms with Crippen molar-refractivity contribution >= 4 is 54.0 Å². The highest BCUT2D eigenvalue weighted by Crippen LogP contribution is 2.49. The van der Waals surface area contributed by atoms with Crippen LogP contribution in [0.15, 0.2) is 48.5 Å². The van der Waals surface area contributed by atoms with Gasteiger partial charge in [0, 0.05) is 33.6 Å². The zero-order chi connectivity index (χ0) is 44.5. The molecule has 0 radical (unpaired) electrons. The summed E-state index contributed by atoms with van der Waals surface area (Å²) < 4.78 is 154. The molecule has 10 nitrogen and oxygen atoms in total. The highest BCUT2D eigenvalue weighted by atomic mass is 127. The molecule has 2 unspecified atom stereocenters. The molecule has 0 spiro atoms. The van der Waals surface area contributed by atoms with Crippen LogP contribution in [0, 0.1) is 58.1 Å². The first-order valence-electron chi connectivity index (χ1n) is 18.4. The lowest BCUT2D eigenvalue weighted by Gasteiger charge is -2.23. The van der Waals surface area contributed by atoms with Crippen LogP contribution >= 0.6 is 22.6 Å². The summed E-state index contributed by atoms with van der Waals surface area (Å²) >= 11 is 1.86. The Kier molecular flexibility index (Phi) is 16.0. The Balaban J connectivity index is 0.000000264. The number of benzene rings is 4. The van der Waals surface area contributed by atoms with Crippen molar-refractivity contribution < 1.29 is 68.0 Å². The number of hydrogen-bond acceptors (Lipinski definition) is 8. The third-order valence-electron chi connectivity index (χ3n) is 10.6.